The molecule has 0 spiro atoms. The molecule has 1 N–H and O–H groups in total. The predicted octanol–water partition coefficient (Wildman–Crippen LogP) is 2.79. The number of aryl methyl sites for hydroxylation is 1. The van der Waals surface area contributed by atoms with Crippen molar-refractivity contribution in [3.63, 3.8) is 0 Å². The van der Waals surface area contributed by atoms with Crippen molar-refractivity contribution < 1.29 is 9.53 Å². The highest BCUT2D eigenvalue weighted by atomic mass is 16.5. The lowest BCUT2D eigenvalue weighted by molar-refractivity contribution is 0.0673. The molecule has 0 aliphatic carbocycles. The summed E-state index contributed by atoms with van der Waals surface area (Å²) in [6.07, 6.45) is 1.72. The van der Waals surface area contributed by atoms with Crippen LogP contribution in [0.1, 0.15) is 35.5 Å². The second-order valence-corrected chi connectivity index (χ2v) is 6.80. The van der Waals surface area contributed by atoms with Crippen molar-refractivity contribution in [2.24, 2.45) is 0 Å². The Bertz CT molecular complexity index is 720. The van der Waals surface area contributed by atoms with Crippen LogP contribution in [-0.2, 0) is 6.61 Å². The summed E-state index contributed by atoms with van der Waals surface area (Å²) in [7, 11) is 0. The van der Waals surface area contributed by atoms with E-state index in [0.717, 1.165) is 30.1 Å². The summed E-state index contributed by atoms with van der Waals surface area (Å²) in [6.45, 7) is 8.04. The quantitative estimate of drug-likeness (QED) is 0.931. The average Bonchev–Trinajstić information content (AvgIpc) is 2.60. The highest BCUT2D eigenvalue weighted by Crippen LogP contribution is 2.15. The van der Waals surface area contributed by atoms with Gasteiger partial charge in [-0.25, -0.2) is 0 Å². The van der Waals surface area contributed by atoms with Gasteiger partial charge in [0.2, 0.25) is 0 Å². The maximum absolute atomic E-state index is 12.8. The van der Waals surface area contributed by atoms with Gasteiger partial charge in [-0.2, -0.15) is 0 Å². The summed E-state index contributed by atoms with van der Waals surface area (Å²) in [5.41, 5.74) is 2.64. The van der Waals surface area contributed by atoms with Crippen LogP contribution in [0.3, 0.4) is 0 Å². The Kier molecular flexibility index (Phi) is 5.34. The Balaban J connectivity index is 1.66. The minimum absolute atomic E-state index is 0.0825. The van der Waals surface area contributed by atoms with Crippen LogP contribution in [0.4, 0.5) is 0 Å². The lowest BCUT2D eigenvalue weighted by Gasteiger charge is -2.36. The van der Waals surface area contributed by atoms with E-state index < -0.39 is 0 Å². The Morgan fingerprint density at radius 3 is 2.68 bits per heavy atom. The van der Waals surface area contributed by atoms with Gasteiger partial charge in [-0.3, -0.25) is 9.78 Å². The number of ether oxygens (including phenoxy) is 1. The molecule has 1 amide bonds. The lowest BCUT2D eigenvalue weighted by atomic mass is 10.1. The number of nitrogens with zero attached hydrogens (tertiary/aromatic N) is 2. The Hall–Kier alpha value is -2.40. The Morgan fingerprint density at radius 2 is 2.00 bits per heavy atom. The first-order valence-electron chi connectivity index (χ1n) is 8.71. The van der Waals surface area contributed by atoms with Crippen molar-refractivity contribution in [2.45, 2.75) is 39.5 Å². The van der Waals surface area contributed by atoms with E-state index in [1.807, 2.05) is 48.2 Å². The largest absolute Gasteiger partial charge is 0.487 e. The van der Waals surface area contributed by atoms with Crippen molar-refractivity contribution in [3.05, 3.63) is 59.4 Å². The number of hydrogen-bond acceptors (Lipinski definition) is 4. The molecular weight excluding hydrogens is 314 g/mol. The molecule has 2 atom stereocenters. The standard InChI is InChI=1S/C20H25N3O2/c1-14-7-8-19(10-21-14)25-13-17-5-4-6-18(9-17)20(24)23-11-15(2)22-16(3)12-23/h4-10,15-16,22H,11-13H2,1-3H3/t15-,16-/m0/s1. The van der Waals surface area contributed by atoms with E-state index in [2.05, 4.69) is 24.1 Å². The number of carbonyl (C=O) groups is 1. The van der Waals surface area contributed by atoms with E-state index in [-0.39, 0.29) is 5.91 Å². The fourth-order valence-corrected chi connectivity index (χ4v) is 3.18. The Labute approximate surface area is 149 Å². The number of rotatable bonds is 4. The lowest BCUT2D eigenvalue weighted by Crippen LogP contribution is -2.55. The smallest absolute Gasteiger partial charge is 0.253 e. The van der Waals surface area contributed by atoms with E-state index in [9.17, 15) is 4.79 Å². The molecule has 3 rings (SSSR count). The SMILES string of the molecule is Cc1ccc(OCc2cccc(C(=O)N3C[C@H](C)N[C@@H](C)C3)c2)cn1. The summed E-state index contributed by atoms with van der Waals surface area (Å²) >= 11 is 0. The first kappa shape index (κ1) is 17.4. The van der Waals surface area contributed by atoms with Crippen molar-refractivity contribution >= 4 is 5.91 Å². The summed E-state index contributed by atoms with van der Waals surface area (Å²) in [5, 5.41) is 3.45. The molecule has 132 valence electrons. The van der Waals surface area contributed by atoms with Crippen LogP contribution >= 0.6 is 0 Å². The van der Waals surface area contributed by atoms with E-state index >= 15 is 0 Å². The zero-order valence-electron chi connectivity index (χ0n) is 15.0. The molecule has 1 saturated heterocycles. The minimum atomic E-state index is 0.0825. The number of aromatic nitrogens is 1. The van der Waals surface area contributed by atoms with Crippen LogP contribution in [0.2, 0.25) is 0 Å². The summed E-state index contributed by atoms with van der Waals surface area (Å²) in [6, 6.07) is 12.1. The zero-order chi connectivity index (χ0) is 17.8. The molecule has 5 nitrogen and oxygen atoms in total. The number of benzene rings is 1. The molecule has 5 heteroatoms. The minimum Gasteiger partial charge on any atom is -0.487 e. The average molecular weight is 339 g/mol. The van der Waals surface area contributed by atoms with Gasteiger partial charge < -0.3 is 15.0 Å². The number of pyridine rings is 1. The molecule has 1 aromatic carbocycles. The maximum Gasteiger partial charge on any atom is 0.253 e. The van der Waals surface area contributed by atoms with Crippen molar-refractivity contribution in [1.82, 2.24) is 15.2 Å². The second-order valence-electron chi connectivity index (χ2n) is 6.80. The summed E-state index contributed by atoms with van der Waals surface area (Å²) in [5.74, 6) is 0.811. The molecule has 0 bridgehead atoms. The number of amides is 1. The fourth-order valence-electron chi connectivity index (χ4n) is 3.18. The number of piperazine rings is 1. The molecule has 2 heterocycles. The highest BCUT2D eigenvalue weighted by Gasteiger charge is 2.25. The van der Waals surface area contributed by atoms with Crippen LogP contribution < -0.4 is 10.1 Å². The van der Waals surface area contributed by atoms with Gasteiger partial charge in [-0.15, -0.1) is 0 Å². The molecule has 0 radical (unpaired) electrons. The molecule has 1 aliphatic rings. The van der Waals surface area contributed by atoms with Gasteiger partial charge in [0.15, 0.2) is 0 Å². The molecule has 1 fully saturated rings. The van der Waals surface area contributed by atoms with Crippen LogP contribution in [0.25, 0.3) is 0 Å². The first-order valence-corrected chi connectivity index (χ1v) is 8.71. The van der Waals surface area contributed by atoms with E-state index in [0.29, 0.717) is 24.3 Å². The van der Waals surface area contributed by atoms with E-state index in [1.54, 1.807) is 6.20 Å². The van der Waals surface area contributed by atoms with Gasteiger partial charge in [0.05, 0.1) is 6.20 Å². The second kappa shape index (κ2) is 7.66. The number of hydrogen-bond donors (Lipinski definition) is 1. The molecule has 0 saturated carbocycles. The topological polar surface area (TPSA) is 54.5 Å². The van der Waals surface area contributed by atoms with Crippen LogP contribution in [-0.4, -0.2) is 41.0 Å². The van der Waals surface area contributed by atoms with Crippen molar-refractivity contribution in [2.75, 3.05) is 13.1 Å². The third kappa shape index (κ3) is 4.57. The third-order valence-electron chi connectivity index (χ3n) is 4.31. The molecule has 1 aromatic heterocycles. The summed E-state index contributed by atoms with van der Waals surface area (Å²) < 4.78 is 5.76. The van der Waals surface area contributed by atoms with Crippen molar-refractivity contribution in [3.8, 4) is 5.75 Å². The summed E-state index contributed by atoms with van der Waals surface area (Å²) in [4.78, 5) is 18.9. The van der Waals surface area contributed by atoms with Crippen molar-refractivity contribution in [1.29, 1.82) is 0 Å². The van der Waals surface area contributed by atoms with Gasteiger partial charge in [0.1, 0.15) is 12.4 Å². The van der Waals surface area contributed by atoms with Gasteiger partial charge in [-0.05, 0) is 50.6 Å². The van der Waals surface area contributed by atoms with Gasteiger partial charge in [-0.1, -0.05) is 12.1 Å². The maximum atomic E-state index is 12.8. The highest BCUT2D eigenvalue weighted by molar-refractivity contribution is 5.94. The number of nitrogens with one attached hydrogen (secondary N) is 1. The Morgan fingerprint density at radius 1 is 1.24 bits per heavy atom. The first-order chi connectivity index (χ1) is 12.0. The van der Waals surface area contributed by atoms with Crippen LogP contribution in [0, 0.1) is 6.92 Å². The fraction of sp³-hybridized carbons (Fsp3) is 0.400. The van der Waals surface area contributed by atoms with E-state index in [1.165, 1.54) is 0 Å². The third-order valence-corrected chi connectivity index (χ3v) is 4.31. The molecule has 25 heavy (non-hydrogen) atoms. The van der Waals surface area contributed by atoms with E-state index in [4.69, 9.17) is 4.74 Å². The normalized spacial score (nSPS) is 20.4. The molecule has 1 aliphatic heterocycles. The predicted molar refractivity (Wildman–Crippen MR) is 97.7 cm³/mol. The zero-order valence-corrected chi connectivity index (χ0v) is 15.0. The molecule has 0 unspecified atom stereocenters. The van der Waals surface area contributed by atoms with Gasteiger partial charge >= 0.3 is 0 Å². The molecule has 2 aromatic rings. The van der Waals surface area contributed by atoms with Crippen LogP contribution in [0.5, 0.6) is 5.75 Å². The van der Waals surface area contributed by atoms with Gasteiger partial charge in [0, 0.05) is 36.4 Å². The number of carbonyl (C=O) groups excluding carboxylic acids is 1. The molecular formula is C20H25N3O2. The monoisotopic (exact) mass is 339 g/mol. The van der Waals surface area contributed by atoms with Crippen LogP contribution in [0.15, 0.2) is 42.6 Å². The van der Waals surface area contributed by atoms with Gasteiger partial charge in [0.25, 0.3) is 5.91 Å².